The highest BCUT2D eigenvalue weighted by molar-refractivity contribution is 6.27. The smallest absolute Gasteiger partial charge is 0.417 e. The number of aromatic nitrogens is 2. The number of hydrogen-bond donors (Lipinski definition) is 4. The fourth-order valence-corrected chi connectivity index (χ4v) is 2.03. The van der Waals surface area contributed by atoms with Gasteiger partial charge in [0.1, 0.15) is 0 Å². The summed E-state index contributed by atoms with van der Waals surface area (Å²) in [7, 11) is 0. The zero-order valence-corrected chi connectivity index (χ0v) is 15.5. The van der Waals surface area contributed by atoms with Crippen LogP contribution in [0.3, 0.4) is 0 Å². The number of benzene rings is 1. The average molecular weight is 446 g/mol. The molecule has 1 heterocycles. The maximum atomic E-state index is 12.9. The number of amides is 1. The van der Waals surface area contributed by atoms with Gasteiger partial charge in [-0.25, -0.2) is 14.0 Å². The number of halogens is 4. The molecule has 0 saturated heterocycles. The van der Waals surface area contributed by atoms with Gasteiger partial charge in [0.05, 0.1) is 36.1 Å². The number of carboxylic acid groups (broad SMARTS) is 2. The molecule has 0 aliphatic heterocycles. The molecule has 1 aromatic heterocycles. The first-order valence-corrected chi connectivity index (χ1v) is 7.96. The Labute approximate surface area is 170 Å². The van der Waals surface area contributed by atoms with Crippen molar-refractivity contribution in [1.29, 1.82) is 5.26 Å². The van der Waals surface area contributed by atoms with Gasteiger partial charge in [0.2, 0.25) is 0 Å². The van der Waals surface area contributed by atoms with Crippen molar-refractivity contribution >= 4 is 23.5 Å². The van der Waals surface area contributed by atoms with Crippen molar-refractivity contribution in [2.45, 2.75) is 25.2 Å². The minimum atomic E-state index is -4.78. The van der Waals surface area contributed by atoms with E-state index in [1.54, 1.807) is 0 Å². The van der Waals surface area contributed by atoms with Crippen molar-refractivity contribution < 1.29 is 47.3 Å². The molecule has 10 nitrogen and oxygen atoms in total. The number of carbonyl (C=O) groups excluding carboxylic acids is 1. The van der Waals surface area contributed by atoms with E-state index in [9.17, 15) is 27.5 Å². The largest absolute Gasteiger partial charge is 0.473 e. The molecule has 166 valence electrons. The molecule has 0 spiro atoms. The SMILES string of the molecule is CC(O)(Cn1cc(F)cn1)C(=O)Nc1ccc(C#N)c(C(F)(F)F)c1.O=C(O)C(=O)O. The number of carbonyl (C=O) groups is 3. The van der Waals surface area contributed by atoms with Gasteiger partial charge < -0.3 is 20.6 Å². The van der Waals surface area contributed by atoms with Crippen molar-refractivity contribution in [3.05, 3.63) is 47.5 Å². The summed E-state index contributed by atoms with van der Waals surface area (Å²) in [4.78, 5) is 30.3. The Bertz CT molecular complexity index is 1010. The molecule has 0 saturated carbocycles. The van der Waals surface area contributed by atoms with E-state index >= 15 is 0 Å². The molecule has 1 amide bonds. The maximum absolute atomic E-state index is 12.9. The van der Waals surface area contributed by atoms with Crippen LogP contribution in [0.4, 0.5) is 23.2 Å². The fourth-order valence-electron chi connectivity index (χ4n) is 2.03. The van der Waals surface area contributed by atoms with Gasteiger partial charge in [0, 0.05) is 5.69 Å². The van der Waals surface area contributed by atoms with Crippen LogP contribution in [-0.2, 0) is 27.1 Å². The van der Waals surface area contributed by atoms with Gasteiger partial charge in [-0.3, -0.25) is 9.48 Å². The lowest BCUT2D eigenvalue weighted by Gasteiger charge is -2.22. The summed E-state index contributed by atoms with van der Waals surface area (Å²) in [6, 6.07) is 4.04. The lowest BCUT2D eigenvalue weighted by atomic mass is 10.0. The molecule has 0 bridgehead atoms. The van der Waals surface area contributed by atoms with E-state index < -0.39 is 53.1 Å². The number of aliphatic hydroxyl groups is 1. The van der Waals surface area contributed by atoms with Crippen LogP contribution >= 0.6 is 0 Å². The number of rotatable bonds is 4. The monoisotopic (exact) mass is 446 g/mol. The van der Waals surface area contributed by atoms with Gasteiger partial charge in [-0.2, -0.15) is 23.5 Å². The molecule has 0 aliphatic carbocycles. The molecule has 4 N–H and O–H groups in total. The molecule has 0 aliphatic rings. The highest BCUT2D eigenvalue weighted by Gasteiger charge is 2.35. The summed E-state index contributed by atoms with van der Waals surface area (Å²) >= 11 is 0. The van der Waals surface area contributed by atoms with Gasteiger partial charge in [-0.1, -0.05) is 0 Å². The van der Waals surface area contributed by atoms with Crippen molar-refractivity contribution in [3.63, 3.8) is 0 Å². The van der Waals surface area contributed by atoms with E-state index in [-0.39, 0.29) is 5.69 Å². The van der Waals surface area contributed by atoms with Crippen LogP contribution in [0.2, 0.25) is 0 Å². The first-order valence-electron chi connectivity index (χ1n) is 7.96. The first-order chi connectivity index (χ1) is 14.2. The lowest BCUT2D eigenvalue weighted by Crippen LogP contribution is -2.43. The highest BCUT2D eigenvalue weighted by atomic mass is 19.4. The number of carboxylic acids is 2. The van der Waals surface area contributed by atoms with Gasteiger partial charge in [-0.05, 0) is 25.1 Å². The van der Waals surface area contributed by atoms with E-state index in [2.05, 4.69) is 10.4 Å². The third kappa shape index (κ3) is 7.40. The number of hydrogen-bond acceptors (Lipinski definition) is 6. The zero-order valence-electron chi connectivity index (χ0n) is 15.5. The molecule has 1 aromatic carbocycles. The molecule has 14 heteroatoms. The third-order valence-electron chi connectivity index (χ3n) is 3.45. The fraction of sp³-hybridized carbons (Fsp3) is 0.235. The Morgan fingerprint density at radius 1 is 1.23 bits per heavy atom. The molecule has 2 aromatic rings. The quantitative estimate of drug-likeness (QED) is 0.405. The number of aliphatic carboxylic acids is 2. The Morgan fingerprint density at radius 2 is 1.81 bits per heavy atom. The van der Waals surface area contributed by atoms with Gasteiger partial charge >= 0.3 is 18.1 Å². The average Bonchev–Trinajstić information content (AvgIpc) is 3.05. The van der Waals surface area contributed by atoms with Crippen LogP contribution in [0.15, 0.2) is 30.6 Å². The molecule has 0 fully saturated rings. The second-order valence-electron chi connectivity index (χ2n) is 6.06. The Balaban J connectivity index is 0.000000703. The summed E-state index contributed by atoms with van der Waals surface area (Å²) in [6.45, 7) is 0.696. The van der Waals surface area contributed by atoms with Gasteiger partial charge in [0.15, 0.2) is 11.4 Å². The number of nitrogens with zero attached hydrogens (tertiary/aromatic N) is 3. The number of nitrogens with one attached hydrogen (secondary N) is 1. The Hall–Kier alpha value is -3.99. The van der Waals surface area contributed by atoms with Gasteiger partial charge in [-0.15, -0.1) is 0 Å². The Kier molecular flexibility index (Phi) is 7.82. The summed E-state index contributed by atoms with van der Waals surface area (Å²) < 4.78 is 52.6. The third-order valence-corrected chi connectivity index (χ3v) is 3.45. The molecule has 0 radical (unpaired) electrons. The molecular formula is C17H14F4N4O6. The number of anilines is 1. The van der Waals surface area contributed by atoms with Crippen LogP contribution in [0.1, 0.15) is 18.1 Å². The summed E-state index contributed by atoms with van der Waals surface area (Å²) in [6.07, 6.45) is -2.95. The van der Waals surface area contributed by atoms with Crippen LogP contribution in [0.5, 0.6) is 0 Å². The molecule has 31 heavy (non-hydrogen) atoms. The van der Waals surface area contributed by atoms with E-state index in [0.29, 0.717) is 6.07 Å². The van der Waals surface area contributed by atoms with E-state index in [0.717, 1.165) is 36.1 Å². The van der Waals surface area contributed by atoms with Crippen molar-refractivity contribution in [1.82, 2.24) is 9.78 Å². The normalized spacial score (nSPS) is 12.5. The highest BCUT2D eigenvalue weighted by Crippen LogP contribution is 2.33. The second-order valence-corrected chi connectivity index (χ2v) is 6.06. The molecular weight excluding hydrogens is 432 g/mol. The summed E-state index contributed by atoms with van der Waals surface area (Å²) in [5.74, 6) is -5.33. The van der Waals surface area contributed by atoms with Crippen LogP contribution in [-0.4, -0.2) is 48.5 Å². The second kappa shape index (κ2) is 9.67. The number of nitriles is 1. The van der Waals surface area contributed by atoms with Crippen molar-refractivity contribution in [3.8, 4) is 6.07 Å². The summed E-state index contributed by atoms with van der Waals surface area (Å²) in [5.41, 5.74) is -4.11. The zero-order chi connectivity index (χ0) is 24.0. The van der Waals surface area contributed by atoms with E-state index in [1.165, 1.54) is 6.07 Å². The van der Waals surface area contributed by atoms with Gasteiger partial charge in [0.25, 0.3) is 5.91 Å². The predicted octanol–water partition coefficient (Wildman–Crippen LogP) is 1.46. The predicted molar refractivity (Wildman–Crippen MR) is 92.9 cm³/mol. The topological polar surface area (TPSA) is 166 Å². The van der Waals surface area contributed by atoms with Crippen LogP contribution < -0.4 is 5.32 Å². The molecule has 1 unspecified atom stereocenters. The minimum Gasteiger partial charge on any atom is -0.473 e. The molecule has 2 rings (SSSR count). The van der Waals surface area contributed by atoms with Crippen molar-refractivity contribution in [2.24, 2.45) is 0 Å². The van der Waals surface area contributed by atoms with E-state index in [1.807, 2.05) is 0 Å². The molecule has 1 atom stereocenters. The first kappa shape index (κ1) is 25.0. The van der Waals surface area contributed by atoms with Crippen molar-refractivity contribution in [2.75, 3.05) is 5.32 Å². The van der Waals surface area contributed by atoms with Crippen LogP contribution in [0.25, 0.3) is 0 Å². The van der Waals surface area contributed by atoms with E-state index in [4.69, 9.17) is 25.1 Å². The number of alkyl halides is 3. The maximum Gasteiger partial charge on any atom is 0.417 e. The minimum absolute atomic E-state index is 0.247. The standard InChI is InChI=1S/C15H12F4N4O2.C2H2O4/c1-14(25,8-23-7-10(16)6-21-23)13(24)22-11-3-2-9(5-20)12(4-11)15(17,18)19;3-1(4)2(5)6/h2-4,6-7,25H,8H2,1H3,(H,22,24);(H,3,4)(H,5,6). The van der Waals surface area contributed by atoms with Crippen LogP contribution in [0, 0.1) is 17.1 Å². The lowest BCUT2D eigenvalue weighted by molar-refractivity contribution is -0.159. The Morgan fingerprint density at radius 3 is 2.23 bits per heavy atom. The summed E-state index contributed by atoms with van der Waals surface area (Å²) in [5, 5.41) is 39.4.